The minimum atomic E-state index is 0.527. The Morgan fingerprint density at radius 1 is 0.227 bits per heavy atom. The molecule has 0 saturated heterocycles. The SMILES string of the molecule is N#Cc1ccc(-c2cc(-c3cccc(-n4c5ccccc5c5cc(-c6ccc7c(c6)c6ccccc6n7-c6ccc(C#N)cc6)ccc54)c3)nc(-n3c4ccccc4c4cc(-c5ccc6c(c5)c5ccccc5n6-c5ccc(C#N)cc5)ccc43)n2)cc1. The molecule has 0 N–H and O–H groups in total. The monoisotopic (exact) mass is 1120 g/mol. The molecule has 0 bridgehead atoms. The standard InChI is InChI=1S/C79H45N9/c80-46-49-20-26-52(27-21-49)69-45-70(84-79(83-69)88-74-19-8-4-15-64(74)68-44-56(31-39-78(68)88)54-29-37-76-66(42-54)62-13-2-6-17-72(62)86(76)59-34-24-51(48-82)25-35-59)57-10-9-11-60(40-57)87-73-18-7-3-14-63(73)67-43-55(30-38-77(67)87)53-28-36-75-65(41-53)61-12-1-5-16-71(61)85(75)58-32-22-50(47-81)23-33-58/h1-45H. The molecule has 0 atom stereocenters. The molecule has 406 valence electrons. The molecule has 0 aliphatic heterocycles. The van der Waals surface area contributed by atoms with Gasteiger partial charge in [0.15, 0.2) is 0 Å². The minimum Gasteiger partial charge on any atom is -0.309 e. The lowest BCUT2D eigenvalue weighted by atomic mass is 10.0. The van der Waals surface area contributed by atoms with Crippen molar-refractivity contribution in [3.8, 4) is 86.0 Å². The molecular formula is C79H45N9. The number of aromatic nitrogens is 6. The smallest absolute Gasteiger partial charge is 0.235 e. The van der Waals surface area contributed by atoms with Crippen molar-refractivity contribution in [1.82, 2.24) is 28.2 Å². The van der Waals surface area contributed by atoms with Crippen LogP contribution in [0.3, 0.4) is 0 Å². The maximum absolute atomic E-state index is 9.82. The van der Waals surface area contributed by atoms with E-state index in [1.165, 1.54) is 5.39 Å². The first-order valence-electron chi connectivity index (χ1n) is 29.1. The summed E-state index contributed by atoms with van der Waals surface area (Å²) >= 11 is 0. The molecule has 0 saturated carbocycles. The quantitative estimate of drug-likeness (QED) is 0.150. The second-order valence-corrected chi connectivity index (χ2v) is 22.3. The number of nitriles is 3. The highest BCUT2D eigenvalue weighted by molar-refractivity contribution is 6.15. The van der Waals surface area contributed by atoms with Crippen molar-refractivity contribution < 1.29 is 0 Å². The van der Waals surface area contributed by atoms with Crippen LogP contribution < -0.4 is 0 Å². The lowest BCUT2D eigenvalue weighted by molar-refractivity contribution is 0.995. The predicted octanol–water partition coefficient (Wildman–Crippen LogP) is 19.1. The largest absolute Gasteiger partial charge is 0.309 e. The van der Waals surface area contributed by atoms with Crippen molar-refractivity contribution >= 4 is 87.2 Å². The maximum atomic E-state index is 9.82. The molecule has 17 rings (SSSR count). The molecule has 5 aromatic heterocycles. The van der Waals surface area contributed by atoms with Crippen molar-refractivity contribution in [2.24, 2.45) is 0 Å². The second-order valence-electron chi connectivity index (χ2n) is 22.3. The number of rotatable bonds is 8. The zero-order valence-corrected chi connectivity index (χ0v) is 47.0. The molecular weight excluding hydrogens is 1070 g/mol. The highest BCUT2D eigenvalue weighted by atomic mass is 15.2. The molecule has 0 amide bonds. The van der Waals surface area contributed by atoms with Crippen LogP contribution in [0.2, 0.25) is 0 Å². The van der Waals surface area contributed by atoms with Gasteiger partial charge in [0, 0.05) is 71.3 Å². The first kappa shape index (κ1) is 50.0. The van der Waals surface area contributed by atoms with Crippen LogP contribution in [0.1, 0.15) is 16.7 Å². The van der Waals surface area contributed by atoms with Gasteiger partial charge in [-0.05, 0) is 174 Å². The van der Waals surface area contributed by atoms with Crippen molar-refractivity contribution in [3.63, 3.8) is 0 Å². The average molecular weight is 1120 g/mol. The number of para-hydroxylation sites is 4. The van der Waals surface area contributed by atoms with Crippen LogP contribution in [-0.4, -0.2) is 28.2 Å². The van der Waals surface area contributed by atoms with Gasteiger partial charge in [-0.15, -0.1) is 0 Å². The van der Waals surface area contributed by atoms with Crippen LogP contribution >= 0.6 is 0 Å². The fourth-order valence-electron chi connectivity index (χ4n) is 13.4. The number of nitrogens with zero attached hydrogens (tertiary/aromatic N) is 9. The Labute approximate surface area is 504 Å². The third-order valence-electron chi connectivity index (χ3n) is 17.5. The number of benzene rings is 12. The lowest BCUT2D eigenvalue weighted by Crippen LogP contribution is -2.04. The molecule has 5 heterocycles. The average Bonchev–Trinajstić information content (AvgIpc) is 1.92. The van der Waals surface area contributed by atoms with Gasteiger partial charge in [0.05, 0.1) is 90.4 Å². The molecule has 0 unspecified atom stereocenters. The highest BCUT2D eigenvalue weighted by Crippen LogP contribution is 2.42. The van der Waals surface area contributed by atoms with Crippen LogP contribution in [0.25, 0.3) is 155 Å². The molecule has 88 heavy (non-hydrogen) atoms. The van der Waals surface area contributed by atoms with Gasteiger partial charge < -0.3 is 13.7 Å². The Kier molecular flexibility index (Phi) is 11.2. The Bertz CT molecular complexity index is 5890. The van der Waals surface area contributed by atoms with Gasteiger partial charge in [-0.25, -0.2) is 9.97 Å². The Morgan fingerprint density at radius 3 is 0.943 bits per heavy atom. The molecule has 0 radical (unpaired) electrons. The van der Waals surface area contributed by atoms with Crippen molar-refractivity contribution in [3.05, 3.63) is 290 Å². The first-order valence-corrected chi connectivity index (χ1v) is 29.1. The topological polar surface area (TPSA) is 117 Å². The normalized spacial score (nSPS) is 11.6. The van der Waals surface area contributed by atoms with Crippen LogP contribution in [-0.2, 0) is 0 Å². The summed E-state index contributed by atoms with van der Waals surface area (Å²) in [6, 6.07) is 102. The van der Waals surface area contributed by atoms with Crippen molar-refractivity contribution in [2.75, 3.05) is 0 Å². The summed E-state index contributed by atoms with van der Waals surface area (Å²) in [6.45, 7) is 0. The Hall–Kier alpha value is -12.6. The van der Waals surface area contributed by atoms with E-state index in [9.17, 15) is 15.8 Å². The van der Waals surface area contributed by atoms with Gasteiger partial charge in [0.2, 0.25) is 5.95 Å². The number of hydrogen-bond donors (Lipinski definition) is 0. The molecule has 17 aromatic rings. The number of hydrogen-bond acceptors (Lipinski definition) is 5. The summed E-state index contributed by atoms with van der Waals surface area (Å²) in [7, 11) is 0. The lowest BCUT2D eigenvalue weighted by Gasteiger charge is -2.14. The summed E-state index contributed by atoms with van der Waals surface area (Å²) in [4.78, 5) is 10.9. The second kappa shape index (κ2) is 19.8. The molecule has 0 aliphatic carbocycles. The summed E-state index contributed by atoms with van der Waals surface area (Å²) in [5.74, 6) is 0.527. The van der Waals surface area contributed by atoms with E-state index in [2.05, 4.69) is 237 Å². The van der Waals surface area contributed by atoms with Crippen LogP contribution in [0.15, 0.2) is 273 Å². The Morgan fingerprint density at radius 2 is 0.545 bits per heavy atom. The van der Waals surface area contributed by atoms with E-state index in [1.54, 1.807) is 0 Å². The maximum Gasteiger partial charge on any atom is 0.235 e. The van der Waals surface area contributed by atoms with E-state index >= 15 is 0 Å². The van der Waals surface area contributed by atoms with E-state index < -0.39 is 0 Å². The van der Waals surface area contributed by atoms with Gasteiger partial charge in [0.1, 0.15) is 0 Å². The molecule has 0 fully saturated rings. The first-order chi connectivity index (χ1) is 43.5. The van der Waals surface area contributed by atoms with Crippen molar-refractivity contribution in [2.45, 2.75) is 0 Å². The van der Waals surface area contributed by atoms with Crippen molar-refractivity contribution in [1.29, 1.82) is 15.8 Å². The van der Waals surface area contributed by atoms with Gasteiger partial charge >= 0.3 is 0 Å². The fraction of sp³-hybridized carbons (Fsp3) is 0. The summed E-state index contributed by atoms with van der Waals surface area (Å²) in [6.07, 6.45) is 0. The molecule has 0 spiro atoms. The summed E-state index contributed by atoms with van der Waals surface area (Å²) < 4.78 is 9.08. The zero-order chi connectivity index (χ0) is 58.6. The molecule has 9 heteroatoms. The van der Waals surface area contributed by atoms with E-state index in [-0.39, 0.29) is 0 Å². The summed E-state index contributed by atoms with van der Waals surface area (Å²) in [5, 5.41) is 38.0. The molecule has 9 nitrogen and oxygen atoms in total. The van der Waals surface area contributed by atoms with Gasteiger partial charge in [-0.3, -0.25) is 4.57 Å². The Balaban J connectivity index is 0.781. The zero-order valence-electron chi connectivity index (χ0n) is 47.0. The van der Waals surface area contributed by atoms with Gasteiger partial charge in [-0.2, -0.15) is 15.8 Å². The van der Waals surface area contributed by atoms with Crippen LogP contribution in [0, 0.1) is 34.0 Å². The highest BCUT2D eigenvalue weighted by Gasteiger charge is 2.22. The van der Waals surface area contributed by atoms with E-state index in [0.29, 0.717) is 22.6 Å². The molecule has 0 aliphatic rings. The third kappa shape index (κ3) is 7.85. The van der Waals surface area contributed by atoms with Gasteiger partial charge in [-0.1, -0.05) is 121 Å². The van der Waals surface area contributed by atoms with Crippen LogP contribution in [0.5, 0.6) is 0 Å². The van der Waals surface area contributed by atoms with Crippen LogP contribution in [0.4, 0.5) is 0 Å². The van der Waals surface area contributed by atoms with Gasteiger partial charge in [0.25, 0.3) is 0 Å². The third-order valence-corrected chi connectivity index (χ3v) is 17.5. The predicted molar refractivity (Wildman–Crippen MR) is 355 cm³/mol. The summed E-state index contributed by atoms with van der Waals surface area (Å²) in [5.41, 5.74) is 21.1. The fourth-order valence-corrected chi connectivity index (χ4v) is 13.4. The number of fused-ring (bicyclic) bond motifs is 12. The van der Waals surface area contributed by atoms with E-state index in [0.717, 1.165) is 144 Å². The molecule has 12 aromatic carbocycles. The van der Waals surface area contributed by atoms with E-state index in [1.807, 2.05) is 72.8 Å². The van der Waals surface area contributed by atoms with E-state index in [4.69, 9.17) is 9.97 Å². The minimum absolute atomic E-state index is 0.527.